The molecule has 0 aromatic carbocycles. The Morgan fingerprint density at radius 3 is 2.09 bits per heavy atom. The van der Waals surface area contributed by atoms with Crippen LogP contribution in [-0.4, -0.2) is 0 Å². The molecule has 0 saturated heterocycles. The zero-order chi connectivity index (χ0) is 8.54. The normalized spacial score (nSPS) is 36.0. The second kappa shape index (κ2) is 2.80. The number of rotatable bonds is 2. The maximum atomic E-state index is 2.48. The van der Waals surface area contributed by atoms with Gasteiger partial charge in [0.05, 0.1) is 0 Å². The Morgan fingerprint density at radius 1 is 1.09 bits per heavy atom. The van der Waals surface area contributed by atoms with Crippen molar-refractivity contribution in [1.29, 1.82) is 0 Å². The lowest BCUT2D eigenvalue weighted by Gasteiger charge is -2.38. The molecular formula is C11H22. The summed E-state index contributed by atoms with van der Waals surface area (Å²) in [5.41, 5.74) is 1.24. The van der Waals surface area contributed by atoms with Gasteiger partial charge in [-0.2, -0.15) is 0 Å². The zero-order valence-corrected chi connectivity index (χ0v) is 8.54. The van der Waals surface area contributed by atoms with Crippen LogP contribution in [0, 0.1) is 10.8 Å². The smallest absolute Gasteiger partial charge is 0.0275 e. The fourth-order valence-corrected chi connectivity index (χ4v) is 2.58. The van der Waals surface area contributed by atoms with Crippen molar-refractivity contribution in [2.24, 2.45) is 10.8 Å². The maximum absolute atomic E-state index is 2.48. The summed E-state index contributed by atoms with van der Waals surface area (Å²) in [6, 6.07) is 0. The maximum Gasteiger partial charge on any atom is -0.0275 e. The van der Waals surface area contributed by atoms with Crippen molar-refractivity contribution in [3.05, 3.63) is 0 Å². The molecule has 0 heterocycles. The molecule has 1 rings (SSSR count). The second-order valence-corrected chi connectivity index (χ2v) is 5.05. The summed E-state index contributed by atoms with van der Waals surface area (Å²) in [6.45, 7) is 9.66. The van der Waals surface area contributed by atoms with Gasteiger partial charge < -0.3 is 0 Å². The van der Waals surface area contributed by atoms with E-state index in [-0.39, 0.29) is 0 Å². The van der Waals surface area contributed by atoms with Crippen molar-refractivity contribution in [1.82, 2.24) is 0 Å². The van der Waals surface area contributed by atoms with Gasteiger partial charge in [-0.05, 0) is 30.1 Å². The highest BCUT2D eigenvalue weighted by Crippen LogP contribution is 2.54. The van der Waals surface area contributed by atoms with Gasteiger partial charge >= 0.3 is 0 Å². The molecule has 1 aliphatic carbocycles. The average molecular weight is 154 g/mol. The van der Waals surface area contributed by atoms with E-state index in [2.05, 4.69) is 27.7 Å². The fourth-order valence-electron chi connectivity index (χ4n) is 2.58. The first-order chi connectivity index (χ1) is 5.02. The van der Waals surface area contributed by atoms with E-state index >= 15 is 0 Å². The Bertz CT molecular complexity index is 135. The predicted octanol–water partition coefficient (Wildman–Crippen LogP) is 4.00. The number of hydrogen-bond acceptors (Lipinski definition) is 0. The van der Waals surface area contributed by atoms with Crippen LogP contribution in [0.2, 0.25) is 0 Å². The monoisotopic (exact) mass is 154 g/mol. The molecule has 0 N–H and O–H groups in total. The number of hydrogen-bond donors (Lipinski definition) is 0. The van der Waals surface area contributed by atoms with E-state index in [4.69, 9.17) is 0 Å². The van der Waals surface area contributed by atoms with Crippen molar-refractivity contribution >= 4 is 0 Å². The van der Waals surface area contributed by atoms with E-state index in [1.165, 1.54) is 32.1 Å². The van der Waals surface area contributed by atoms with Crippen molar-refractivity contribution in [3.63, 3.8) is 0 Å². The van der Waals surface area contributed by atoms with Crippen LogP contribution in [0.25, 0.3) is 0 Å². The van der Waals surface area contributed by atoms with Crippen LogP contribution in [0.15, 0.2) is 0 Å². The van der Waals surface area contributed by atoms with Crippen molar-refractivity contribution in [3.8, 4) is 0 Å². The third-order valence-electron chi connectivity index (χ3n) is 3.97. The van der Waals surface area contributed by atoms with Gasteiger partial charge in [-0.25, -0.2) is 0 Å². The summed E-state index contributed by atoms with van der Waals surface area (Å²) in [5, 5.41) is 0. The quantitative estimate of drug-likeness (QED) is 0.564. The molecule has 1 aliphatic rings. The Kier molecular flexibility index (Phi) is 2.32. The standard InChI is InChI=1S/C11H22/c1-5-7-11(4)9-6-8-10(11,2)3/h5-9H2,1-4H3/t11-/m0/s1. The van der Waals surface area contributed by atoms with E-state index in [0.717, 1.165) is 0 Å². The first kappa shape index (κ1) is 9.09. The Labute approximate surface area is 71.4 Å². The SMILES string of the molecule is CCC[C@@]1(C)CCCC1(C)C. The summed E-state index contributed by atoms with van der Waals surface area (Å²) in [6.07, 6.45) is 7.10. The minimum absolute atomic E-state index is 0.600. The largest absolute Gasteiger partial charge is 0.0654 e. The predicted molar refractivity (Wildman–Crippen MR) is 50.6 cm³/mol. The molecule has 11 heavy (non-hydrogen) atoms. The van der Waals surface area contributed by atoms with Crippen molar-refractivity contribution in [2.75, 3.05) is 0 Å². The summed E-state index contributed by atoms with van der Waals surface area (Å²) < 4.78 is 0. The van der Waals surface area contributed by atoms with E-state index < -0.39 is 0 Å². The lowest BCUT2D eigenvalue weighted by atomic mass is 9.67. The van der Waals surface area contributed by atoms with Crippen LogP contribution in [0.3, 0.4) is 0 Å². The fraction of sp³-hybridized carbons (Fsp3) is 1.00. The molecule has 0 aromatic rings. The molecule has 0 radical (unpaired) electrons. The summed E-state index contributed by atoms with van der Waals surface area (Å²) in [4.78, 5) is 0. The van der Waals surface area contributed by atoms with Gasteiger partial charge in [0, 0.05) is 0 Å². The Hall–Kier alpha value is 0. The molecule has 0 unspecified atom stereocenters. The zero-order valence-electron chi connectivity index (χ0n) is 8.54. The molecule has 0 aromatic heterocycles. The molecule has 0 amide bonds. The van der Waals surface area contributed by atoms with E-state index in [0.29, 0.717) is 10.8 Å². The summed E-state index contributed by atoms with van der Waals surface area (Å²) >= 11 is 0. The van der Waals surface area contributed by atoms with Crippen LogP contribution in [0.4, 0.5) is 0 Å². The molecule has 0 heteroatoms. The lowest BCUT2D eigenvalue weighted by Crippen LogP contribution is -2.29. The van der Waals surface area contributed by atoms with Crippen LogP contribution in [0.5, 0.6) is 0 Å². The van der Waals surface area contributed by atoms with Crippen LogP contribution >= 0.6 is 0 Å². The van der Waals surface area contributed by atoms with E-state index in [1.807, 2.05) is 0 Å². The van der Waals surface area contributed by atoms with Crippen LogP contribution in [0.1, 0.15) is 59.8 Å². The second-order valence-electron chi connectivity index (χ2n) is 5.05. The molecule has 66 valence electrons. The highest BCUT2D eigenvalue weighted by molar-refractivity contribution is 4.94. The molecule has 0 nitrogen and oxygen atoms in total. The Morgan fingerprint density at radius 2 is 1.73 bits per heavy atom. The van der Waals surface area contributed by atoms with Gasteiger partial charge in [0.2, 0.25) is 0 Å². The molecule has 1 saturated carbocycles. The third kappa shape index (κ3) is 1.45. The third-order valence-corrected chi connectivity index (χ3v) is 3.97. The Balaban J connectivity index is 2.68. The van der Waals surface area contributed by atoms with Crippen molar-refractivity contribution in [2.45, 2.75) is 59.8 Å². The van der Waals surface area contributed by atoms with Gasteiger partial charge in [-0.3, -0.25) is 0 Å². The minimum Gasteiger partial charge on any atom is -0.0654 e. The summed E-state index contributed by atoms with van der Waals surface area (Å²) in [7, 11) is 0. The van der Waals surface area contributed by atoms with E-state index in [9.17, 15) is 0 Å². The van der Waals surface area contributed by atoms with Gasteiger partial charge in [0.1, 0.15) is 0 Å². The first-order valence-electron chi connectivity index (χ1n) is 5.02. The molecule has 1 fully saturated rings. The topological polar surface area (TPSA) is 0 Å². The average Bonchev–Trinajstić information content (AvgIpc) is 2.09. The molecule has 0 aliphatic heterocycles. The summed E-state index contributed by atoms with van der Waals surface area (Å²) in [5.74, 6) is 0. The van der Waals surface area contributed by atoms with Gasteiger partial charge in [-0.1, -0.05) is 40.5 Å². The van der Waals surface area contributed by atoms with Gasteiger partial charge in [0.15, 0.2) is 0 Å². The first-order valence-corrected chi connectivity index (χ1v) is 5.02. The highest BCUT2D eigenvalue weighted by atomic mass is 14.5. The highest BCUT2D eigenvalue weighted by Gasteiger charge is 2.43. The molecule has 1 atom stereocenters. The lowest BCUT2D eigenvalue weighted by molar-refractivity contribution is 0.118. The molecular weight excluding hydrogens is 132 g/mol. The minimum atomic E-state index is 0.600. The van der Waals surface area contributed by atoms with Crippen LogP contribution < -0.4 is 0 Å². The van der Waals surface area contributed by atoms with Gasteiger partial charge in [0.25, 0.3) is 0 Å². The van der Waals surface area contributed by atoms with Crippen LogP contribution in [-0.2, 0) is 0 Å². The molecule has 0 spiro atoms. The molecule has 0 bridgehead atoms. The van der Waals surface area contributed by atoms with Crippen molar-refractivity contribution < 1.29 is 0 Å². The van der Waals surface area contributed by atoms with E-state index in [1.54, 1.807) is 0 Å². The van der Waals surface area contributed by atoms with Gasteiger partial charge in [-0.15, -0.1) is 0 Å².